The van der Waals surface area contributed by atoms with Crippen LogP contribution >= 0.6 is 23.1 Å². The Morgan fingerprint density at radius 1 is 1.41 bits per heavy atom. The smallest absolute Gasteiger partial charge is 0.280 e. The predicted octanol–water partition coefficient (Wildman–Crippen LogP) is 3.78. The van der Waals surface area contributed by atoms with Crippen molar-refractivity contribution in [2.24, 2.45) is 5.92 Å². The van der Waals surface area contributed by atoms with Crippen molar-refractivity contribution < 1.29 is 8.42 Å². The van der Waals surface area contributed by atoms with Crippen molar-refractivity contribution in [2.45, 2.75) is 36.6 Å². The molecule has 1 aromatic heterocycles. The molecule has 0 amide bonds. The molecule has 146 valence electrons. The van der Waals surface area contributed by atoms with Crippen LogP contribution in [-0.4, -0.2) is 43.5 Å². The standard InChI is InChI=1S/C18H23ClN4O2S2/c1-14-11-18(7-2-9-22(18)12-14)13-21-15-3-5-16(6-4-15)27(24,25)23(19)17-20-8-10-26-17/h3-6,8,10,14,21H,2,7,9,11-13H2,1H3. The molecule has 0 spiro atoms. The van der Waals surface area contributed by atoms with Gasteiger partial charge in [-0.05, 0) is 56.0 Å². The van der Waals surface area contributed by atoms with Gasteiger partial charge in [-0.25, -0.2) is 4.98 Å². The number of nitrogens with one attached hydrogen (secondary N) is 1. The lowest BCUT2D eigenvalue weighted by Gasteiger charge is -2.32. The van der Waals surface area contributed by atoms with Gasteiger partial charge in [-0.15, -0.1) is 15.2 Å². The maximum absolute atomic E-state index is 12.6. The Balaban J connectivity index is 1.45. The van der Waals surface area contributed by atoms with Crippen molar-refractivity contribution in [3.63, 3.8) is 0 Å². The molecule has 2 aromatic rings. The first-order chi connectivity index (χ1) is 12.9. The molecule has 0 aliphatic carbocycles. The Hall–Kier alpha value is -1.35. The molecular formula is C18H23ClN4O2S2. The van der Waals surface area contributed by atoms with Gasteiger partial charge in [0.1, 0.15) is 0 Å². The lowest BCUT2D eigenvalue weighted by molar-refractivity contribution is 0.209. The van der Waals surface area contributed by atoms with Gasteiger partial charge in [-0.1, -0.05) is 6.92 Å². The third-order valence-electron chi connectivity index (χ3n) is 5.56. The third-order valence-corrected chi connectivity index (χ3v) is 8.70. The fraction of sp³-hybridized carbons (Fsp3) is 0.500. The first kappa shape index (κ1) is 19.0. The van der Waals surface area contributed by atoms with E-state index >= 15 is 0 Å². The number of halogens is 1. The summed E-state index contributed by atoms with van der Waals surface area (Å²) in [5.41, 5.74) is 1.17. The second-order valence-corrected chi connectivity index (χ2v) is 10.7. The van der Waals surface area contributed by atoms with E-state index in [-0.39, 0.29) is 15.6 Å². The summed E-state index contributed by atoms with van der Waals surface area (Å²) in [5.74, 6) is 0.736. The lowest BCUT2D eigenvalue weighted by Crippen LogP contribution is -2.44. The van der Waals surface area contributed by atoms with E-state index in [1.54, 1.807) is 29.6 Å². The number of hydrogen-bond donors (Lipinski definition) is 1. The van der Waals surface area contributed by atoms with Crippen LogP contribution in [0.15, 0.2) is 40.7 Å². The normalized spacial score (nSPS) is 25.5. The van der Waals surface area contributed by atoms with Gasteiger partial charge in [-0.2, -0.15) is 8.42 Å². The Morgan fingerprint density at radius 3 is 2.89 bits per heavy atom. The molecule has 0 bridgehead atoms. The van der Waals surface area contributed by atoms with E-state index in [1.165, 1.54) is 49.9 Å². The van der Waals surface area contributed by atoms with Crippen LogP contribution in [0.25, 0.3) is 0 Å². The molecule has 2 atom stereocenters. The predicted molar refractivity (Wildman–Crippen MR) is 110 cm³/mol. The molecule has 2 fully saturated rings. The van der Waals surface area contributed by atoms with E-state index in [2.05, 4.69) is 22.1 Å². The van der Waals surface area contributed by atoms with Gasteiger partial charge in [0.25, 0.3) is 10.0 Å². The molecule has 3 heterocycles. The highest BCUT2D eigenvalue weighted by molar-refractivity contribution is 7.94. The molecule has 6 nitrogen and oxygen atoms in total. The van der Waals surface area contributed by atoms with Crippen LogP contribution in [0.5, 0.6) is 0 Å². The minimum atomic E-state index is -3.82. The summed E-state index contributed by atoms with van der Waals surface area (Å²) in [6.07, 6.45) is 5.23. The van der Waals surface area contributed by atoms with Crippen LogP contribution in [0.3, 0.4) is 0 Å². The van der Waals surface area contributed by atoms with Crippen LogP contribution in [0.4, 0.5) is 10.8 Å². The number of anilines is 2. The minimum Gasteiger partial charge on any atom is -0.383 e. The number of hydrogen-bond acceptors (Lipinski definition) is 6. The molecule has 1 N–H and O–H groups in total. The van der Waals surface area contributed by atoms with E-state index in [1.807, 2.05) is 0 Å². The zero-order chi connectivity index (χ0) is 19.1. The first-order valence-electron chi connectivity index (χ1n) is 9.10. The summed E-state index contributed by atoms with van der Waals surface area (Å²) >= 11 is 7.18. The number of rotatable bonds is 6. The highest BCUT2D eigenvalue weighted by Crippen LogP contribution is 2.41. The van der Waals surface area contributed by atoms with Gasteiger partial charge in [0, 0.05) is 47.7 Å². The highest BCUT2D eigenvalue weighted by atomic mass is 35.5. The zero-order valence-electron chi connectivity index (χ0n) is 15.1. The number of benzene rings is 1. The summed E-state index contributed by atoms with van der Waals surface area (Å²) in [6.45, 7) is 5.58. The largest absolute Gasteiger partial charge is 0.383 e. The fourth-order valence-corrected chi connectivity index (χ4v) is 6.57. The second-order valence-electron chi connectivity index (χ2n) is 7.50. The van der Waals surface area contributed by atoms with Crippen molar-refractivity contribution >= 4 is 44.0 Å². The molecular weight excluding hydrogens is 404 g/mol. The molecule has 1 aromatic carbocycles. The lowest BCUT2D eigenvalue weighted by atomic mass is 9.90. The van der Waals surface area contributed by atoms with Crippen molar-refractivity contribution in [1.29, 1.82) is 0 Å². The van der Waals surface area contributed by atoms with Crippen LogP contribution in [-0.2, 0) is 10.0 Å². The van der Waals surface area contributed by atoms with Crippen LogP contribution in [0, 0.1) is 5.92 Å². The quantitative estimate of drug-likeness (QED) is 0.712. The first-order valence-corrected chi connectivity index (χ1v) is 11.8. The van der Waals surface area contributed by atoms with Crippen molar-refractivity contribution in [1.82, 2.24) is 9.88 Å². The van der Waals surface area contributed by atoms with E-state index in [0.29, 0.717) is 3.82 Å². The van der Waals surface area contributed by atoms with Gasteiger partial charge in [0.05, 0.1) is 4.90 Å². The third kappa shape index (κ3) is 3.55. The Morgan fingerprint density at radius 2 is 2.19 bits per heavy atom. The summed E-state index contributed by atoms with van der Waals surface area (Å²) in [6, 6.07) is 6.77. The Bertz CT molecular complexity index is 889. The summed E-state index contributed by atoms with van der Waals surface area (Å²) in [7, 11) is -3.82. The van der Waals surface area contributed by atoms with E-state index in [4.69, 9.17) is 11.8 Å². The Kier molecular flexibility index (Phi) is 5.09. The van der Waals surface area contributed by atoms with Gasteiger partial charge >= 0.3 is 0 Å². The summed E-state index contributed by atoms with van der Waals surface area (Å²) < 4.78 is 26.0. The van der Waals surface area contributed by atoms with Gasteiger partial charge in [0.15, 0.2) is 0 Å². The molecule has 0 saturated carbocycles. The van der Waals surface area contributed by atoms with E-state index in [9.17, 15) is 8.42 Å². The SMILES string of the molecule is CC1CN2CCCC2(CNc2ccc(S(=O)(=O)N(Cl)c3nccs3)cc2)C1. The van der Waals surface area contributed by atoms with Crippen LogP contribution < -0.4 is 9.14 Å². The van der Waals surface area contributed by atoms with Gasteiger partial charge in [-0.3, -0.25) is 4.90 Å². The molecule has 4 rings (SSSR count). The number of nitrogens with zero attached hydrogens (tertiary/aromatic N) is 3. The van der Waals surface area contributed by atoms with Crippen LogP contribution in [0.2, 0.25) is 0 Å². The number of thiazole rings is 1. The van der Waals surface area contributed by atoms with Crippen molar-refractivity contribution in [3.8, 4) is 0 Å². The monoisotopic (exact) mass is 426 g/mol. The molecule has 2 aliphatic rings. The zero-order valence-corrected chi connectivity index (χ0v) is 17.5. The number of fused-ring (bicyclic) bond motifs is 1. The average Bonchev–Trinajstić information content (AvgIpc) is 3.35. The molecule has 27 heavy (non-hydrogen) atoms. The number of sulfonamides is 1. The van der Waals surface area contributed by atoms with Gasteiger partial charge < -0.3 is 5.32 Å². The van der Waals surface area contributed by atoms with Crippen LogP contribution in [0.1, 0.15) is 26.2 Å². The summed E-state index contributed by atoms with van der Waals surface area (Å²) in [5, 5.41) is 5.43. The van der Waals surface area contributed by atoms with Crippen molar-refractivity contribution in [3.05, 3.63) is 35.8 Å². The maximum atomic E-state index is 12.6. The fourth-order valence-electron chi connectivity index (χ4n) is 4.38. The molecule has 2 saturated heterocycles. The maximum Gasteiger partial charge on any atom is 0.280 e. The summed E-state index contributed by atoms with van der Waals surface area (Å²) in [4.78, 5) is 6.71. The van der Waals surface area contributed by atoms with Crippen molar-refractivity contribution in [2.75, 3.05) is 28.8 Å². The van der Waals surface area contributed by atoms with Gasteiger partial charge in [0.2, 0.25) is 5.13 Å². The number of aromatic nitrogens is 1. The molecule has 9 heteroatoms. The molecule has 0 radical (unpaired) electrons. The molecule has 2 unspecified atom stereocenters. The Labute approximate surface area is 169 Å². The van der Waals surface area contributed by atoms with E-state index < -0.39 is 10.0 Å². The molecule has 2 aliphatic heterocycles. The minimum absolute atomic E-state index is 0.147. The highest BCUT2D eigenvalue weighted by Gasteiger charge is 2.46. The second kappa shape index (κ2) is 7.24. The van der Waals surface area contributed by atoms with E-state index in [0.717, 1.165) is 18.2 Å². The topological polar surface area (TPSA) is 65.5 Å². The average molecular weight is 427 g/mol.